The lowest BCUT2D eigenvalue weighted by molar-refractivity contribution is 0.194. The van der Waals surface area contributed by atoms with Crippen LogP contribution in [0.4, 0.5) is 10.6 Å². The summed E-state index contributed by atoms with van der Waals surface area (Å²) in [6.45, 7) is 3.45. The Labute approximate surface area is 149 Å². The summed E-state index contributed by atoms with van der Waals surface area (Å²) in [5.41, 5.74) is 2.28. The van der Waals surface area contributed by atoms with Crippen molar-refractivity contribution >= 4 is 11.8 Å². The molecule has 2 amide bonds. The minimum absolute atomic E-state index is 0.0775. The summed E-state index contributed by atoms with van der Waals surface area (Å²) in [6, 6.07) is 5.94. The lowest BCUT2D eigenvalue weighted by Gasteiger charge is -2.36. The Bertz CT molecular complexity index is 656. The van der Waals surface area contributed by atoms with E-state index >= 15 is 0 Å². The van der Waals surface area contributed by atoms with E-state index in [4.69, 9.17) is 4.98 Å². The molecular weight excluding hydrogens is 314 g/mol. The molecule has 0 aromatic carbocycles. The van der Waals surface area contributed by atoms with Gasteiger partial charge in [0.2, 0.25) is 0 Å². The van der Waals surface area contributed by atoms with Crippen LogP contribution in [-0.4, -0.2) is 47.1 Å². The highest BCUT2D eigenvalue weighted by Gasteiger charge is 2.38. The molecule has 134 valence electrons. The molecule has 2 N–H and O–H groups in total. The van der Waals surface area contributed by atoms with Gasteiger partial charge in [0.15, 0.2) is 0 Å². The molecule has 0 radical (unpaired) electrons. The average molecular weight is 341 g/mol. The average Bonchev–Trinajstić information content (AvgIpc) is 3.32. The van der Waals surface area contributed by atoms with Crippen LogP contribution in [0.3, 0.4) is 0 Å². The zero-order chi connectivity index (χ0) is 16.8. The third-order valence-electron chi connectivity index (χ3n) is 6.37. The van der Waals surface area contributed by atoms with Gasteiger partial charge in [-0.15, -0.1) is 0 Å². The summed E-state index contributed by atoms with van der Waals surface area (Å²) in [7, 11) is 0. The SMILES string of the molecule is O=C(NC1CCCC1)N1Cc2ccc(N3C4CCC3CNC4)nc2C1. The second-order valence-corrected chi connectivity index (χ2v) is 8.01. The zero-order valence-electron chi connectivity index (χ0n) is 14.7. The summed E-state index contributed by atoms with van der Waals surface area (Å²) in [5, 5.41) is 6.72. The third kappa shape index (κ3) is 2.76. The predicted molar refractivity (Wildman–Crippen MR) is 96.4 cm³/mol. The van der Waals surface area contributed by atoms with E-state index < -0.39 is 0 Å². The molecule has 6 heteroatoms. The van der Waals surface area contributed by atoms with E-state index in [0.29, 0.717) is 31.2 Å². The number of urea groups is 1. The van der Waals surface area contributed by atoms with Crippen molar-refractivity contribution in [3.63, 3.8) is 0 Å². The Hall–Kier alpha value is -1.82. The summed E-state index contributed by atoms with van der Waals surface area (Å²) in [5.74, 6) is 1.10. The van der Waals surface area contributed by atoms with E-state index in [0.717, 1.165) is 37.4 Å². The molecule has 25 heavy (non-hydrogen) atoms. The lowest BCUT2D eigenvalue weighted by atomic mass is 10.2. The molecule has 2 bridgehead atoms. The molecule has 6 nitrogen and oxygen atoms in total. The normalized spacial score (nSPS) is 28.5. The number of rotatable bonds is 2. The number of nitrogens with zero attached hydrogens (tertiary/aromatic N) is 3. The fourth-order valence-corrected chi connectivity index (χ4v) is 5.02. The minimum atomic E-state index is 0.0775. The first-order chi connectivity index (χ1) is 12.3. The van der Waals surface area contributed by atoms with Gasteiger partial charge < -0.3 is 20.4 Å². The van der Waals surface area contributed by atoms with Crippen molar-refractivity contribution in [2.24, 2.45) is 0 Å². The Morgan fingerprint density at radius 1 is 1.08 bits per heavy atom. The summed E-state index contributed by atoms with van der Waals surface area (Å²) in [6.07, 6.45) is 7.24. The maximum Gasteiger partial charge on any atom is 0.318 e. The van der Waals surface area contributed by atoms with Crippen LogP contribution in [0.25, 0.3) is 0 Å². The second-order valence-electron chi connectivity index (χ2n) is 8.01. The van der Waals surface area contributed by atoms with E-state index in [9.17, 15) is 4.79 Å². The quantitative estimate of drug-likeness (QED) is 0.864. The van der Waals surface area contributed by atoms with Crippen molar-refractivity contribution in [1.82, 2.24) is 20.5 Å². The van der Waals surface area contributed by atoms with Crippen LogP contribution >= 0.6 is 0 Å². The van der Waals surface area contributed by atoms with Crippen molar-refractivity contribution in [2.75, 3.05) is 18.0 Å². The fourth-order valence-electron chi connectivity index (χ4n) is 5.02. The summed E-state index contributed by atoms with van der Waals surface area (Å²) >= 11 is 0. The van der Waals surface area contributed by atoms with E-state index in [1.165, 1.54) is 31.2 Å². The number of amides is 2. The van der Waals surface area contributed by atoms with Crippen LogP contribution in [0, 0.1) is 0 Å². The monoisotopic (exact) mass is 341 g/mol. The molecular formula is C19H27N5O. The molecule has 5 rings (SSSR count). The number of pyridine rings is 1. The standard InChI is InChI=1S/C19H27N5O/c25-19(21-14-3-1-2-4-14)23-11-13-5-8-18(22-17(13)12-23)24-15-6-7-16(24)10-20-9-15/h5,8,14-16,20H,1-4,6-7,9-12H2,(H,21,25). The van der Waals surface area contributed by atoms with Gasteiger partial charge in [0.1, 0.15) is 5.82 Å². The Kier molecular flexibility index (Phi) is 3.81. The van der Waals surface area contributed by atoms with E-state index in [1.54, 1.807) is 0 Å². The van der Waals surface area contributed by atoms with Crippen LogP contribution in [0.15, 0.2) is 12.1 Å². The van der Waals surface area contributed by atoms with Gasteiger partial charge in [-0.05, 0) is 37.3 Å². The summed E-state index contributed by atoms with van der Waals surface area (Å²) in [4.78, 5) is 21.9. The van der Waals surface area contributed by atoms with Crippen molar-refractivity contribution in [3.8, 4) is 0 Å². The van der Waals surface area contributed by atoms with Gasteiger partial charge in [0.25, 0.3) is 0 Å². The number of carbonyl (C=O) groups excluding carboxylic acids is 1. The maximum atomic E-state index is 12.5. The topological polar surface area (TPSA) is 60.5 Å². The highest BCUT2D eigenvalue weighted by molar-refractivity contribution is 5.75. The van der Waals surface area contributed by atoms with E-state index in [-0.39, 0.29) is 6.03 Å². The van der Waals surface area contributed by atoms with Crippen LogP contribution in [0.2, 0.25) is 0 Å². The second kappa shape index (κ2) is 6.16. The first kappa shape index (κ1) is 15.4. The van der Waals surface area contributed by atoms with Crippen LogP contribution in [0.5, 0.6) is 0 Å². The first-order valence-corrected chi connectivity index (χ1v) is 9.81. The predicted octanol–water partition coefficient (Wildman–Crippen LogP) is 1.99. The Balaban J connectivity index is 1.29. The van der Waals surface area contributed by atoms with Gasteiger partial charge >= 0.3 is 6.03 Å². The molecule has 1 saturated carbocycles. The van der Waals surface area contributed by atoms with Crippen molar-refractivity contribution < 1.29 is 4.79 Å². The minimum Gasteiger partial charge on any atom is -0.348 e. The molecule has 2 atom stereocenters. The number of piperazine rings is 1. The highest BCUT2D eigenvalue weighted by Crippen LogP contribution is 2.33. The Morgan fingerprint density at radius 2 is 1.84 bits per heavy atom. The molecule has 1 aromatic rings. The van der Waals surface area contributed by atoms with E-state index in [2.05, 4.69) is 27.7 Å². The molecule has 2 saturated heterocycles. The van der Waals surface area contributed by atoms with Gasteiger partial charge in [-0.25, -0.2) is 9.78 Å². The van der Waals surface area contributed by atoms with Crippen LogP contribution in [0.1, 0.15) is 49.8 Å². The smallest absolute Gasteiger partial charge is 0.318 e. The number of carbonyl (C=O) groups is 1. The number of nitrogens with one attached hydrogen (secondary N) is 2. The summed E-state index contributed by atoms with van der Waals surface area (Å²) < 4.78 is 0. The molecule has 3 aliphatic heterocycles. The molecule has 3 fully saturated rings. The lowest BCUT2D eigenvalue weighted by Crippen LogP contribution is -2.52. The number of anilines is 1. The Morgan fingerprint density at radius 3 is 2.60 bits per heavy atom. The molecule has 1 aromatic heterocycles. The molecule has 2 unspecified atom stereocenters. The highest BCUT2D eigenvalue weighted by atomic mass is 16.2. The maximum absolute atomic E-state index is 12.5. The van der Waals surface area contributed by atoms with Gasteiger partial charge in [-0.1, -0.05) is 18.9 Å². The van der Waals surface area contributed by atoms with Gasteiger partial charge in [0.05, 0.1) is 12.2 Å². The van der Waals surface area contributed by atoms with Crippen LogP contribution < -0.4 is 15.5 Å². The van der Waals surface area contributed by atoms with Crippen molar-refractivity contribution in [2.45, 2.75) is 69.7 Å². The zero-order valence-corrected chi connectivity index (χ0v) is 14.7. The third-order valence-corrected chi connectivity index (χ3v) is 6.37. The van der Waals surface area contributed by atoms with Crippen molar-refractivity contribution in [1.29, 1.82) is 0 Å². The fraction of sp³-hybridized carbons (Fsp3) is 0.684. The van der Waals surface area contributed by atoms with Gasteiger partial charge in [-0.3, -0.25) is 0 Å². The molecule has 0 spiro atoms. The number of fused-ring (bicyclic) bond motifs is 3. The number of aromatic nitrogens is 1. The van der Waals surface area contributed by atoms with Gasteiger partial charge in [0, 0.05) is 37.8 Å². The van der Waals surface area contributed by atoms with Crippen LogP contribution in [-0.2, 0) is 13.1 Å². The largest absolute Gasteiger partial charge is 0.348 e. The molecule has 1 aliphatic carbocycles. The first-order valence-electron chi connectivity index (χ1n) is 9.81. The van der Waals surface area contributed by atoms with Gasteiger partial charge in [-0.2, -0.15) is 0 Å². The number of hydrogen-bond donors (Lipinski definition) is 2. The van der Waals surface area contributed by atoms with Crippen molar-refractivity contribution in [3.05, 3.63) is 23.4 Å². The molecule has 4 aliphatic rings. The van der Waals surface area contributed by atoms with E-state index in [1.807, 2.05) is 4.90 Å². The number of hydrogen-bond acceptors (Lipinski definition) is 4. The molecule has 4 heterocycles.